The number of nitrogens with zero attached hydrogens (tertiary/aromatic N) is 3. The molecule has 4 rings (SSSR count). The van der Waals surface area contributed by atoms with Crippen LogP contribution in [-0.2, 0) is 19.6 Å². The molecule has 3 aromatic rings. The molecule has 6 nitrogen and oxygen atoms in total. The minimum atomic E-state index is -0.499. The van der Waals surface area contributed by atoms with Crippen LogP contribution in [0.3, 0.4) is 0 Å². The quantitative estimate of drug-likeness (QED) is 0.539. The standard InChI is InChI=1S/C28H33N3O3/c1-4-14-29(18-22-12-8-9-13-24(22)21-10-6-5-7-11-21)19-23-17-25(32)27(33)26-28(34)30(20(2)3)15-16-31(23)26/h5-13,17,20,33H,4,14-16,18-19H2,1-3H3. The van der Waals surface area contributed by atoms with E-state index < -0.39 is 11.2 Å². The summed E-state index contributed by atoms with van der Waals surface area (Å²) in [6.45, 7) is 9.23. The number of carbonyl (C=O) groups is 1. The van der Waals surface area contributed by atoms with Crippen molar-refractivity contribution in [2.24, 2.45) is 0 Å². The summed E-state index contributed by atoms with van der Waals surface area (Å²) in [7, 11) is 0. The summed E-state index contributed by atoms with van der Waals surface area (Å²) in [5, 5.41) is 10.5. The largest absolute Gasteiger partial charge is 0.503 e. The zero-order chi connectivity index (χ0) is 24.2. The van der Waals surface area contributed by atoms with Crippen molar-refractivity contribution in [1.29, 1.82) is 0 Å². The summed E-state index contributed by atoms with van der Waals surface area (Å²) in [5.41, 5.74) is 3.96. The zero-order valence-electron chi connectivity index (χ0n) is 20.2. The maximum absolute atomic E-state index is 13.1. The Labute approximate surface area is 201 Å². The molecule has 1 aromatic heterocycles. The predicted octanol–water partition coefficient (Wildman–Crippen LogP) is 4.50. The average Bonchev–Trinajstić information content (AvgIpc) is 2.83. The van der Waals surface area contributed by atoms with Gasteiger partial charge in [0.05, 0.1) is 0 Å². The van der Waals surface area contributed by atoms with E-state index in [9.17, 15) is 14.7 Å². The minimum Gasteiger partial charge on any atom is -0.503 e. The van der Waals surface area contributed by atoms with E-state index in [2.05, 4.69) is 48.2 Å². The molecule has 2 aromatic carbocycles. The maximum Gasteiger partial charge on any atom is 0.274 e. The number of amides is 1. The first-order valence-corrected chi connectivity index (χ1v) is 12.0. The number of aromatic nitrogens is 1. The number of carbonyl (C=O) groups excluding carboxylic acids is 1. The molecule has 0 bridgehead atoms. The highest BCUT2D eigenvalue weighted by atomic mass is 16.3. The first-order chi connectivity index (χ1) is 16.4. The minimum absolute atomic E-state index is 0.00508. The highest BCUT2D eigenvalue weighted by Crippen LogP contribution is 2.27. The second kappa shape index (κ2) is 10.3. The molecule has 0 saturated carbocycles. The molecule has 1 N–H and O–H groups in total. The van der Waals surface area contributed by atoms with Crippen molar-refractivity contribution in [2.45, 2.75) is 52.9 Å². The van der Waals surface area contributed by atoms with Gasteiger partial charge >= 0.3 is 0 Å². The van der Waals surface area contributed by atoms with Crippen LogP contribution < -0.4 is 5.43 Å². The third kappa shape index (κ3) is 4.77. The number of hydrogen-bond donors (Lipinski definition) is 1. The Morgan fingerprint density at radius 1 is 0.971 bits per heavy atom. The van der Waals surface area contributed by atoms with E-state index in [0.29, 0.717) is 19.6 Å². The Kier molecular flexibility index (Phi) is 7.17. The van der Waals surface area contributed by atoms with Crippen molar-refractivity contribution in [3.63, 3.8) is 0 Å². The fourth-order valence-corrected chi connectivity index (χ4v) is 4.78. The lowest BCUT2D eigenvalue weighted by atomic mass is 9.99. The molecule has 0 atom stereocenters. The third-order valence-electron chi connectivity index (χ3n) is 6.44. The Morgan fingerprint density at radius 3 is 2.38 bits per heavy atom. The Hall–Kier alpha value is -3.38. The molecule has 1 aliphatic heterocycles. The molecule has 0 unspecified atom stereocenters. The van der Waals surface area contributed by atoms with Gasteiger partial charge in [0.25, 0.3) is 5.91 Å². The van der Waals surface area contributed by atoms with Crippen LogP contribution in [0.25, 0.3) is 11.1 Å². The van der Waals surface area contributed by atoms with Gasteiger partial charge in [-0.3, -0.25) is 14.5 Å². The van der Waals surface area contributed by atoms with E-state index in [1.165, 1.54) is 22.8 Å². The van der Waals surface area contributed by atoms with Crippen molar-refractivity contribution >= 4 is 5.91 Å². The molecule has 178 valence electrons. The van der Waals surface area contributed by atoms with Gasteiger partial charge in [-0.05, 0) is 43.5 Å². The zero-order valence-corrected chi connectivity index (χ0v) is 20.2. The highest BCUT2D eigenvalue weighted by molar-refractivity contribution is 5.96. The molecule has 1 amide bonds. The van der Waals surface area contributed by atoms with Crippen molar-refractivity contribution in [1.82, 2.24) is 14.4 Å². The molecule has 1 aliphatic rings. The topological polar surface area (TPSA) is 65.8 Å². The van der Waals surface area contributed by atoms with Gasteiger partial charge in [0.15, 0.2) is 11.4 Å². The van der Waals surface area contributed by atoms with Gasteiger partial charge < -0.3 is 14.6 Å². The van der Waals surface area contributed by atoms with E-state index in [1.807, 2.05) is 36.6 Å². The Bertz CT molecular complexity index is 1220. The average molecular weight is 460 g/mol. The molecule has 2 heterocycles. The molecule has 0 spiro atoms. The molecule has 34 heavy (non-hydrogen) atoms. The second-order valence-corrected chi connectivity index (χ2v) is 9.17. The van der Waals surface area contributed by atoms with Crippen LogP contribution in [0.1, 0.15) is 48.9 Å². The van der Waals surface area contributed by atoms with Gasteiger partial charge in [-0.2, -0.15) is 0 Å². The van der Waals surface area contributed by atoms with E-state index >= 15 is 0 Å². The second-order valence-electron chi connectivity index (χ2n) is 9.17. The summed E-state index contributed by atoms with van der Waals surface area (Å²) in [6, 6.07) is 20.2. The van der Waals surface area contributed by atoms with E-state index in [4.69, 9.17) is 0 Å². The maximum atomic E-state index is 13.1. The number of fused-ring (bicyclic) bond motifs is 1. The van der Waals surface area contributed by atoms with Crippen molar-refractivity contribution < 1.29 is 9.90 Å². The fraction of sp³-hybridized carbons (Fsp3) is 0.357. The Morgan fingerprint density at radius 2 is 1.68 bits per heavy atom. The van der Waals surface area contributed by atoms with Crippen LogP contribution in [-0.4, -0.2) is 44.5 Å². The lowest BCUT2D eigenvalue weighted by Gasteiger charge is -2.35. The van der Waals surface area contributed by atoms with Crippen LogP contribution in [0.4, 0.5) is 0 Å². The van der Waals surface area contributed by atoms with Gasteiger partial charge in [0.1, 0.15) is 0 Å². The van der Waals surface area contributed by atoms with Crippen LogP contribution in [0.15, 0.2) is 65.5 Å². The van der Waals surface area contributed by atoms with Gasteiger partial charge in [-0.15, -0.1) is 0 Å². The molecule has 0 saturated heterocycles. The Balaban J connectivity index is 1.68. The van der Waals surface area contributed by atoms with Gasteiger partial charge in [-0.1, -0.05) is 61.5 Å². The first-order valence-electron chi connectivity index (χ1n) is 12.0. The molecule has 0 fully saturated rings. The van der Waals surface area contributed by atoms with Crippen LogP contribution in [0, 0.1) is 0 Å². The summed E-state index contributed by atoms with van der Waals surface area (Å²) in [5.74, 6) is -0.732. The summed E-state index contributed by atoms with van der Waals surface area (Å²) in [6.07, 6.45) is 0.961. The normalized spacial score (nSPS) is 13.6. The van der Waals surface area contributed by atoms with E-state index in [0.717, 1.165) is 25.2 Å². The van der Waals surface area contributed by atoms with E-state index in [1.54, 1.807) is 4.90 Å². The predicted molar refractivity (Wildman–Crippen MR) is 135 cm³/mol. The summed E-state index contributed by atoms with van der Waals surface area (Å²) in [4.78, 5) is 29.7. The monoisotopic (exact) mass is 459 g/mol. The number of hydrogen-bond acceptors (Lipinski definition) is 4. The molecular weight excluding hydrogens is 426 g/mol. The molecular formula is C28H33N3O3. The first kappa shape index (κ1) is 23.8. The van der Waals surface area contributed by atoms with Gasteiger partial charge in [0.2, 0.25) is 5.43 Å². The van der Waals surface area contributed by atoms with Gasteiger partial charge in [-0.25, -0.2) is 0 Å². The number of aromatic hydroxyl groups is 1. The fourth-order valence-electron chi connectivity index (χ4n) is 4.78. The lowest BCUT2D eigenvalue weighted by molar-refractivity contribution is 0.0637. The number of rotatable bonds is 8. The van der Waals surface area contributed by atoms with Crippen molar-refractivity contribution in [2.75, 3.05) is 13.1 Å². The van der Waals surface area contributed by atoms with Crippen molar-refractivity contribution in [3.8, 4) is 16.9 Å². The molecule has 0 radical (unpaired) electrons. The highest BCUT2D eigenvalue weighted by Gasteiger charge is 2.31. The van der Waals surface area contributed by atoms with Crippen LogP contribution in [0.5, 0.6) is 5.75 Å². The third-order valence-corrected chi connectivity index (χ3v) is 6.44. The number of benzene rings is 2. The van der Waals surface area contributed by atoms with Crippen molar-refractivity contribution in [3.05, 3.63) is 87.8 Å². The summed E-state index contributed by atoms with van der Waals surface area (Å²) < 4.78 is 1.84. The van der Waals surface area contributed by atoms with Crippen LogP contribution in [0.2, 0.25) is 0 Å². The summed E-state index contributed by atoms with van der Waals surface area (Å²) >= 11 is 0. The molecule has 0 aliphatic carbocycles. The number of pyridine rings is 1. The lowest BCUT2D eigenvalue weighted by Crippen LogP contribution is -2.46. The SMILES string of the molecule is CCCN(Cc1ccccc1-c1ccccc1)Cc1cc(=O)c(O)c2n1CCN(C(C)C)C2=O. The smallest absolute Gasteiger partial charge is 0.274 e. The molecule has 6 heteroatoms. The van der Waals surface area contributed by atoms with Crippen LogP contribution >= 0.6 is 0 Å². The van der Waals surface area contributed by atoms with Gasteiger partial charge in [0, 0.05) is 44.0 Å². The van der Waals surface area contributed by atoms with E-state index in [-0.39, 0.29) is 17.6 Å².